The predicted molar refractivity (Wildman–Crippen MR) is 85.2 cm³/mol. The Hall–Kier alpha value is -1.13. The van der Waals surface area contributed by atoms with E-state index in [9.17, 15) is 14.6 Å². The second-order valence-corrected chi connectivity index (χ2v) is 7.90. The van der Waals surface area contributed by atoms with Gasteiger partial charge in [-0.2, -0.15) is 0 Å². The molecule has 0 amide bonds. The number of ether oxygens (including phenoxy) is 1. The number of alkyl halides is 1. The average Bonchev–Trinajstić information content (AvgIpc) is 2.77. The van der Waals surface area contributed by atoms with E-state index < -0.39 is 17.7 Å². The van der Waals surface area contributed by atoms with Crippen molar-refractivity contribution in [2.75, 3.05) is 7.11 Å². The first-order valence-corrected chi connectivity index (χ1v) is 8.62. The van der Waals surface area contributed by atoms with Gasteiger partial charge in [0.05, 0.1) is 12.2 Å². The van der Waals surface area contributed by atoms with E-state index in [1.807, 2.05) is 19.1 Å². The largest absolute Gasteiger partial charge is 0.508 e. The number of fused-ring (bicyclic) bond motifs is 5. The molecule has 0 bridgehead atoms. The highest BCUT2D eigenvalue weighted by Gasteiger charge is 2.61. The molecular formula is C19H25FO3. The zero-order valence-corrected chi connectivity index (χ0v) is 13.7. The third-order valence-electron chi connectivity index (χ3n) is 6.90. The van der Waals surface area contributed by atoms with Crippen LogP contribution < -0.4 is 0 Å². The lowest BCUT2D eigenvalue weighted by Crippen LogP contribution is -2.51. The number of hydrogen-bond donors (Lipinski definition) is 2. The average molecular weight is 319 g/mol. The van der Waals surface area contributed by atoms with E-state index in [0.717, 1.165) is 12.8 Å². The van der Waals surface area contributed by atoms with Crippen molar-refractivity contribution in [2.45, 2.75) is 56.9 Å². The van der Waals surface area contributed by atoms with Crippen LogP contribution >= 0.6 is 0 Å². The van der Waals surface area contributed by atoms with E-state index in [4.69, 9.17) is 4.74 Å². The molecule has 0 spiro atoms. The highest BCUT2D eigenvalue weighted by atomic mass is 18.2. The monoisotopic (exact) mass is 319 g/mol. The number of methoxy groups -OCH3 is 1. The summed E-state index contributed by atoms with van der Waals surface area (Å²) in [6.45, 7) is 2.04. The zero-order chi connectivity index (χ0) is 16.4. The molecule has 3 nitrogen and oxygen atoms in total. The van der Waals surface area contributed by atoms with Gasteiger partial charge in [-0.1, -0.05) is 13.0 Å². The summed E-state index contributed by atoms with van der Waals surface area (Å²) in [7, 11) is 1.72. The fourth-order valence-electron chi connectivity index (χ4n) is 5.79. The van der Waals surface area contributed by atoms with Crippen LogP contribution in [0.1, 0.15) is 43.2 Å². The number of aliphatic hydroxyl groups is 1. The maximum Gasteiger partial charge on any atom is 0.127 e. The highest BCUT2D eigenvalue weighted by molar-refractivity contribution is 5.41. The predicted octanol–water partition coefficient (Wildman–Crippen LogP) is 3.18. The van der Waals surface area contributed by atoms with Gasteiger partial charge in [0.2, 0.25) is 0 Å². The summed E-state index contributed by atoms with van der Waals surface area (Å²) in [5.74, 6) is 1.08. The maximum atomic E-state index is 14.3. The lowest BCUT2D eigenvalue weighted by atomic mass is 9.54. The molecule has 0 saturated heterocycles. The first kappa shape index (κ1) is 15.4. The van der Waals surface area contributed by atoms with Gasteiger partial charge in [0.15, 0.2) is 0 Å². The molecule has 4 heteroatoms. The molecule has 2 N–H and O–H groups in total. The SMILES string of the molecule is CO[C@H]1C[C@]2(C)[C@@H](O)[C@H]([18F])C[C@H]2[C@@H]2CCc3cc(O)ccc3[C@H]21. The molecule has 4 rings (SSSR count). The molecule has 126 valence electrons. The van der Waals surface area contributed by atoms with E-state index in [1.54, 1.807) is 13.2 Å². The van der Waals surface area contributed by atoms with Crippen molar-refractivity contribution in [3.8, 4) is 5.75 Å². The Morgan fingerprint density at radius 3 is 2.87 bits per heavy atom. The Morgan fingerprint density at radius 2 is 2.13 bits per heavy atom. The topological polar surface area (TPSA) is 49.7 Å². The Labute approximate surface area is 136 Å². The Balaban J connectivity index is 1.78. The van der Waals surface area contributed by atoms with Gasteiger partial charge in [0.1, 0.15) is 11.9 Å². The van der Waals surface area contributed by atoms with Crippen LogP contribution in [0.2, 0.25) is 0 Å². The van der Waals surface area contributed by atoms with Crippen LogP contribution in [-0.4, -0.2) is 35.7 Å². The van der Waals surface area contributed by atoms with Gasteiger partial charge < -0.3 is 14.9 Å². The first-order chi connectivity index (χ1) is 11.0. The smallest absolute Gasteiger partial charge is 0.127 e. The van der Waals surface area contributed by atoms with Crippen molar-refractivity contribution >= 4 is 0 Å². The maximum absolute atomic E-state index is 14.3. The van der Waals surface area contributed by atoms with Gasteiger partial charge in [0, 0.05) is 18.4 Å². The third kappa shape index (κ3) is 2.07. The van der Waals surface area contributed by atoms with Gasteiger partial charge in [-0.3, -0.25) is 0 Å². The number of rotatable bonds is 1. The van der Waals surface area contributed by atoms with Crippen LogP contribution in [0.4, 0.5) is 4.39 Å². The van der Waals surface area contributed by atoms with E-state index in [-0.39, 0.29) is 17.9 Å². The number of benzene rings is 1. The normalized spacial score (nSPS) is 45.2. The fraction of sp³-hybridized carbons (Fsp3) is 0.684. The quantitative estimate of drug-likeness (QED) is 0.836. The van der Waals surface area contributed by atoms with Crippen LogP contribution in [0.3, 0.4) is 0 Å². The third-order valence-corrected chi connectivity index (χ3v) is 6.90. The second kappa shape index (κ2) is 5.18. The van der Waals surface area contributed by atoms with Gasteiger partial charge in [-0.15, -0.1) is 0 Å². The van der Waals surface area contributed by atoms with Crippen molar-refractivity contribution in [1.29, 1.82) is 0 Å². The van der Waals surface area contributed by atoms with Crippen molar-refractivity contribution in [2.24, 2.45) is 17.3 Å². The summed E-state index contributed by atoms with van der Waals surface area (Å²) < 4.78 is 20.1. The van der Waals surface area contributed by atoms with Crippen LogP contribution in [0.15, 0.2) is 18.2 Å². The number of phenolic OH excluding ortho intramolecular Hbond substituents is 1. The number of aryl methyl sites for hydroxylation is 1. The molecule has 3 aliphatic carbocycles. The molecule has 0 radical (unpaired) electrons. The summed E-state index contributed by atoms with van der Waals surface area (Å²) in [4.78, 5) is 0. The molecule has 0 aromatic heterocycles. The van der Waals surface area contributed by atoms with Crippen molar-refractivity contribution < 1.29 is 19.3 Å². The Kier molecular flexibility index (Phi) is 3.47. The standard InChI is InChI=1S/C19H25FO3/c1-19-9-16(23-2)17-12-6-4-11(21)7-10(12)3-5-13(17)14(19)8-15(20)18(19)22/h4,6-7,13-18,21-22H,3,5,8-9H2,1-2H3/t13-,14-,15+,16-,17+,18-,19-/m0/s1/i20-1. The van der Waals surface area contributed by atoms with Crippen LogP contribution in [0, 0.1) is 17.3 Å². The van der Waals surface area contributed by atoms with Crippen LogP contribution in [0.5, 0.6) is 5.75 Å². The van der Waals surface area contributed by atoms with Gasteiger partial charge >= 0.3 is 0 Å². The number of halogens is 1. The molecule has 7 atom stereocenters. The Morgan fingerprint density at radius 1 is 1.35 bits per heavy atom. The molecule has 0 unspecified atom stereocenters. The lowest BCUT2D eigenvalue weighted by molar-refractivity contribution is -0.0977. The van der Waals surface area contributed by atoms with E-state index in [1.165, 1.54) is 11.1 Å². The van der Waals surface area contributed by atoms with Crippen molar-refractivity contribution in [3.05, 3.63) is 29.3 Å². The van der Waals surface area contributed by atoms with Gasteiger partial charge in [0.25, 0.3) is 0 Å². The van der Waals surface area contributed by atoms with Gasteiger partial charge in [-0.05, 0) is 60.8 Å². The molecule has 3 aliphatic rings. The molecule has 1 aromatic rings. The molecule has 0 aliphatic heterocycles. The van der Waals surface area contributed by atoms with E-state index in [0.29, 0.717) is 24.5 Å². The molecule has 0 heterocycles. The lowest BCUT2D eigenvalue weighted by Gasteiger charge is -2.53. The minimum atomic E-state index is -1.12. The Bertz CT molecular complexity index is 619. The molecule has 23 heavy (non-hydrogen) atoms. The zero-order valence-electron chi connectivity index (χ0n) is 13.7. The molecule has 2 saturated carbocycles. The minimum absolute atomic E-state index is 0.00945. The number of phenols is 1. The molecular weight excluding hydrogens is 294 g/mol. The van der Waals surface area contributed by atoms with E-state index >= 15 is 0 Å². The van der Waals surface area contributed by atoms with Gasteiger partial charge in [-0.25, -0.2) is 4.39 Å². The summed E-state index contributed by atoms with van der Waals surface area (Å²) in [5, 5.41) is 20.2. The molecule has 2 fully saturated rings. The van der Waals surface area contributed by atoms with Crippen LogP contribution in [0.25, 0.3) is 0 Å². The van der Waals surface area contributed by atoms with Crippen molar-refractivity contribution in [3.63, 3.8) is 0 Å². The summed E-state index contributed by atoms with van der Waals surface area (Å²) in [5.41, 5.74) is 2.03. The highest BCUT2D eigenvalue weighted by Crippen LogP contribution is 2.61. The number of aromatic hydroxyl groups is 1. The first-order valence-electron chi connectivity index (χ1n) is 8.62. The van der Waals surface area contributed by atoms with Crippen molar-refractivity contribution in [1.82, 2.24) is 0 Å². The molecule has 1 aromatic carbocycles. The second-order valence-electron chi connectivity index (χ2n) is 7.90. The summed E-state index contributed by atoms with van der Waals surface area (Å²) in [6.07, 6.45) is 1.02. The fourth-order valence-corrected chi connectivity index (χ4v) is 5.79. The number of aliphatic hydroxyl groups excluding tert-OH is 1. The minimum Gasteiger partial charge on any atom is -0.508 e. The summed E-state index contributed by atoms with van der Waals surface area (Å²) in [6, 6.07) is 5.60. The van der Waals surface area contributed by atoms with E-state index in [2.05, 4.69) is 0 Å². The number of hydrogen-bond acceptors (Lipinski definition) is 3. The van der Waals surface area contributed by atoms with Crippen LogP contribution in [-0.2, 0) is 11.2 Å². The summed E-state index contributed by atoms with van der Waals surface area (Å²) >= 11 is 0.